The van der Waals surface area contributed by atoms with Gasteiger partial charge in [-0.3, -0.25) is 19.3 Å². The van der Waals surface area contributed by atoms with Gasteiger partial charge in [-0.05, 0) is 37.5 Å². The third-order valence-electron chi connectivity index (χ3n) is 4.90. The lowest BCUT2D eigenvalue weighted by molar-refractivity contribution is -0.131. The van der Waals surface area contributed by atoms with Crippen molar-refractivity contribution in [1.82, 2.24) is 9.80 Å². The van der Waals surface area contributed by atoms with E-state index in [-0.39, 0.29) is 24.3 Å². The molecule has 140 valence electrons. The highest BCUT2D eigenvalue weighted by atomic mass is 16.2. The normalized spacial score (nSPS) is 13.0. The van der Waals surface area contributed by atoms with Crippen molar-refractivity contribution in [3.8, 4) is 0 Å². The molecule has 1 aliphatic heterocycles. The van der Waals surface area contributed by atoms with Crippen molar-refractivity contribution in [3.05, 3.63) is 71.3 Å². The maximum Gasteiger partial charge on any atom is 0.261 e. The summed E-state index contributed by atoms with van der Waals surface area (Å²) in [5.41, 5.74) is 2.11. The Morgan fingerprint density at radius 1 is 0.926 bits per heavy atom. The van der Waals surface area contributed by atoms with E-state index in [0.29, 0.717) is 37.1 Å². The summed E-state index contributed by atoms with van der Waals surface area (Å²) in [6.45, 7) is 3.56. The lowest BCUT2D eigenvalue weighted by atomic mass is 10.1. The number of likely N-dealkylation sites (N-methyl/N-ethyl adjacent to an activating group) is 1. The number of benzene rings is 2. The first-order chi connectivity index (χ1) is 13.1. The second-order valence-electron chi connectivity index (χ2n) is 6.62. The Kier molecular flexibility index (Phi) is 6.01. The second kappa shape index (κ2) is 8.62. The molecule has 3 amide bonds. The predicted octanol–water partition coefficient (Wildman–Crippen LogP) is 3.15. The minimum Gasteiger partial charge on any atom is -0.343 e. The molecule has 3 rings (SSSR count). The van der Waals surface area contributed by atoms with Crippen LogP contribution in [0.4, 0.5) is 0 Å². The fraction of sp³-hybridized carbons (Fsp3) is 0.318. The van der Waals surface area contributed by atoms with Crippen LogP contribution < -0.4 is 0 Å². The molecule has 1 heterocycles. The van der Waals surface area contributed by atoms with E-state index in [1.165, 1.54) is 10.5 Å². The lowest BCUT2D eigenvalue weighted by Crippen LogP contribution is -2.34. The number of carbonyl (C=O) groups is 3. The van der Waals surface area contributed by atoms with Gasteiger partial charge in [-0.2, -0.15) is 0 Å². The molecule has 27 heavy (non-hydrogen) atoms. The Balaban J connectivity index is 1.49. The van der Waals surface area contributed by atoms with Crippen LogP contribution in [0.3, 0.4) is 0 Å². The van der Waals surface area contributed by atoms with E-state index >= 15 is 0 Å². The first-order valence-corrected chi connectivity index (χ1v) is 9.38. The van der Waals surface area contributed by atoms with Gasteiger partial charge in [-0.25, -0.2) is 0 Å². The zero-order chi connectivity index (χ0) is 19.2. The summed E-state index contributed by atoms with van der Waals surface area (Å²) in [5.74, 6) is -0.469. The molecule has 2 aromatic rings. The molecular formula is C22H24N2O3. The van der Waals surface area contributed by atoms with Crippen LogP contribution in [0, 0.1) is 0 Å². The Morgan fingerprint density at radius 2 is 1.52 bits per heavy atom. The maximum absolute atomic E-state index is 12.5. The van der Waals surface area contributed by atoms with E-state index in [1.807, 2.05) is 30.0 Å². The number of rotatable bonds is 8. The molecule has 0 bridgehead atoms. The Bertz CT molecular complexity index is 797. The van der Waals surface area contributed by atoms with Crippen LogP contribution in [0.15, 0.2) is 54.6 Å². The molecule has 2 aromatic carbocycles. The van der Waals surface area contributed by atoms with Crippen LogP contribution in [0.5, 0.6) is 0 Å². The number of fused-ring (bicyclic) bond motifs is 1. The van der Waals surface area contributed by atoms with Gasteiger partial charge in [0.1, 0.15) is 0 Å². The van der Waals surface area contributed by atoms with E-state index in [4.69, 9.17) is 0 Å². The largest absolute Gasteiger partial charge is 0.343 e. The topological polar surface area (TPSA) is 57.7 Å². The van der Waals surface area contributed by atoms with Crippen LogP contribution in [-0.2, 0) is 11.2 Å². The lowest BCUT2D eigenvalue weighted by Gasteiger charge is -2.21. The highest BCUT2D eigenvalue weighted by molar-refractivity contribution is 6.21. The molecule has 0 unspecified atom stereocenters. The standard InChI is InChI=1S/C22H24N2O3/c1-2-23(16-14-17-9-4-3-5-10-17)20(25)13-8-15-24-21(26)18-11-6-7-12-19(18)22(24)27/h3-7,9-12H,2,8,13-16H2,1H3. The summed E-state index contributed by atoms with van der Waals surface area (Å²) in [7, 11) is 0. The maximum atomic E-state index is 12.5. The summed E-state index contributed by atoms with van der Waals surface area (Å²) in [6, 6.07) is 16.9. The molecule has 0 saturated carbocycles. The Labute approximate surface area is 159 Å². The number of carbonyl (C=O) groups excluding carboxylic acids is 3. The summed E-state index contributed by atoms with van der Waals surface area (Å²) < 4.78 is 0. The van der Waals surface area contributed by atoms with Crippen molar-refractivity contribution >= 4 is 17.7 Å². The minimum absolute atomic E-state index is 0.0602. The SMILES string of the molecule is CCN(CCc1ccccc1)C(=O)CCCN1C(=O)c2ccccc2C1=O. The number of nitrogens with zero attached hydrogens (tertiary/aromatic N) is 2. The van der Waals surface area contributed by atoms with E-state index < -0.39 is 0 Å². The van der Waals surface area contributed by atoms with Gasteiger partial charge in [0, 0.05) is 26.1 Å². The van der Waals surface area contributed by atoms with Crippen molar-refractivity contribution in [2.75, 3.05) is 19.6 Å². The number of imide groups is 1. The smallest absolute Gasteiger partial charge is 0.261 e. The van der Waals surface area contributed by atoms with Crippen LogP contribution >= 0.6 is 0 Å². The number of amides is 3. The van der Waals surface area contributed by atoms with Crippen LogP contribution in [0.1, 0.15) is 46.0 Å². The van der Waals surface area contributed by atoms with E-state index in [0.717, 1.165) is 6.42 Å². The van der Waals surface area contributed by atoms with E-state index in [2.05, 4.69) is 12.1 Å². The molecule has 5 nitrogen and oxygen atoms in total. The van der Waals surface area contributed by atoms with Crippen LogP contribution in [-0.4, -0.2) is 47.2 Å². The first kappa shape index (κ1) is 18.8. The number of hydrogen-bond donors (Lipinski definition) is 0. The van der Waals surface area contributed by atoms with E-state index in [9.17, 15) is 14.4 Å². The van der Waals surface area contributed by atoms with Crippen molar-refractivity contribution in [1.29, 1.82) is 0 Å². The summed E-state index contributed by atoms with van der Waals surface area (Å²) >= 11 is 0. The van der Waals surface area contributed by atoms with Gasteiger partial charge < -0.3 is 4.90 Å². The van der Waals surface area contributed by atoms with Gasteiger partial charge in [0.15, 0.2) is 0 Å². The monoisotopic (exact) mass is 364 g/mol. The van der Waals surface area contributed by atoms with Crippen LogP contribution in [0.2, 0.25) is 0 Å². The zero-order valence-corrected chi connectivity index (χ0v) is 15.6. The molecular weight excluding hydrogens is 340 g/mol. The summed E-state index contributed by atoms with van der Waals surface area (Å²) in [5, 5.41) is 0. The van der Waals surface area contributed by atoms with Gasteiger partial charge in [-0.1, -0.05) is 42.5 Å². The predicted molar refractivity (Wildman–Crippen MR) is 103 cm³/mol. The molecule has 5 heteroatoms. The second-order valence-corrected chi connectivity index (χ2v) is 6.62. The van der Waals surface area contributed by atoms with E-state index in [1.54, 1.807) is 24.3 Å². The first-order valence-electron chi connectivity index (χ1n) is 9.38. The molecule has 0 N–H and O–H groups in total. The fourth-order valence-corrected chi connectivity index (χ4v) is 3.36. The quantitative estimate of drug-likeness (QED) is 0.676. The van der Waals surface area contributed by atoms with Gasteiger partial charge in [-0.15, -0.1) is 0 Å². The third kappa shape index (κ3) is 4.25. The molecule has 0 radical (unpaired) electrons. The average molecular weight is 364 g/mol. The van der Waals surface area contributed by atoms with Crippen LogP contribution in [0.25, 0.3) is 0 Å². The highest BCUT2D eigenvalue weighted by Crippen LogP contribution is 2.22. The van der Waals surface area contributed by atoms with Crippen molar-refractivity contribution in [3.63, 3.8) is 0 Å². The summed E-state index contributed by atoms with van der Waals surface area (Å²) in [6.07, 6.45) is 1.63. The minimum atomic E-state index is -0.264. The van der Waals surface area contributed by atoms with Gasteiger partial charge in [0.25, 0.3) is 11.8 Å². The Hall–Kier alpha value is -2.95. The Morgan fingerprint density at radius 3 is 2.11 bits per heavy atom. The zero-order valence-electron chi connectivity index (χ0n) is 15.6. The molecule has 0 aromatic heterocycles. The fourth-order valence-electron chi connectivity index (χ4n) is 3.36. The number of hydrogen-bond acceptors (Lipinski definition) is 3. The van der Waals surface area contributed by atoms with Crippen molar-refractivity contribution in [2.24, 2.45) is 0 Å². The van der Waals surface area contributed by atoms with Gasteiger partial charge >= 0.3 is 0 Å². The molecule has 0 fully saturated rings. The highest BCUT2D eigenvalue weighted by Gasteiger charge is 2.34. The molecule has 0 spiro atoms. The molecule has 1 aliphatic rings. The van der Waals surface area contributed by atoms with Gasteiger partial charge in [0.2, 0.25) is 5.91 Å². The van der Waals surface area contributed by atoms with Crippen molar-refractivity contribution < 1.29 is 14.4 Å². The summed E-state index contributed by atoms with van der Waals surface area (Å²) in [4.78, 5) is 40.2. The average Bonchev–Trinajstić information content (AvgIpc) is 2.94. The van der Waals surface area contributed by atoms with Gasteiger partial charge in [0.05, 0.1) is 11.1 Å². The third-order valence-corrected chi connectivity index (χ3v) is 4.90. The molecule has 0 saturated heterocycles. The molecule has 0 atom stereocenters. The van der Waals surface area contributed by atoms with Crippen molar-refractivity contribution in [2.45, 2.75) is 26.2 Å². The molecule has 0 aliphatic carbocycles.